The van der Waals surface area contributed by atoms with Crippen molar-refractivity contribution >= 4 is 17.1 Å². The molecule has 0 atom stereocenters. The minimum atomic E-state index is 0.121. The van der Waals surface area contributed by atoms with E-state index < -0.39 is 0 Å². The first-order valence-electron chi connectivity index (χ1n) is 5.24. The standard InChI is InChI=1S/C13H11NOS/c15-13(11-3-4-16-8-11)9-1-2-10-6-14-7-12(10)5-9/h1-5,8,14H,6-7H2. The Morgan fingerprint density at radius 2 is 2.00 bits per heavy atom. The second-order valence-electron chi connectivity index (χ2n) is 3.93. The molecule has 0 amide bonds. The number of nitrogens with one attached hydrogen (secondary N) is 1. The average molecular weight is 229 g/mol. The summed E-state index contributed by atoms with van der Waals surface area (Å²) >= 11 is 1.55. The molecule has 0 saturated carbocycles. The molecule has 0 saturated heterocycles. The van der Waals surface area contributed by atoms with E-state index in [4.69, 9.17) is 0 Å². The average Bonchev–Trinajstić information content (AvgIpc) is 2.98. The molecule has 1 aliphatic heterocycles. The van der Waals surface area contributed by atoms with Gasteiger partial charge in [-0.15, -0.1) is 0 Å². The number of hydrogen-bond acceptors (Lipinski definition) is 3. The van der Waals surface area contributed by atoms with Gasteiger partial charge in [0.25, 0.3) is 0 Å². The number of carbonyl (C=O) groups is 1. The highest BCUT2D eigenvalue weighted by Crippen LogP contribution is 2.20. The largest absolute Gasteiger partial charge is 0.309 e. The summed E-state index contributed by atoms with van der Waals surface area (Å²) in [4.78, 5) is 12.1. The van der Waals surface area contributed by atoms with Crippen LogP contribution >= 0.6 is 11.3 Å². The second kappa shape index (κ2) is 3.85. The summed E-state index contributed by atoms with van der Waals surface area (Å²) in [6.45, 7) is 1.79. The Labute approximate surface area is 97.9 Å². The Morgan fingerprint density at radius 1 is 1.12 bits per heavy atom. The highest BCUT2D eigenvalue weighted by atomic mass is 32.1. The van der Waals surface area contributed by atoms with Gasteiger partial charge in [-0.05, 0) is 28.6 Å². The monoisotopic (exact) mass is 229 g/mol. The molecule has 2 nitrogen and oxygen atoms in total. The first-order valence-corrected chi connectivity index (χ1v) is 6.18. The Balaban J connectivity index is 1.99. The van der Waals surface area contributed by atoms with Gasteiger partial charge in [-0.25, -0.2) is 0 Å². The molecule has 0 spiro atoms. The van der Waals surface area contributed by atoms with Gasteiger partial charge < -0.3 is 5.32 Å². The number of rotatable bonds is 2. The number of thiophene rings is 1. The molecule has 2 aromatic rings. The summed E-state index contributed by atoms with van der Waals surface area (Å²) in [7, 11) is 0. The molecule has 3 heteroatoms. The van der Waals surface area contributed by atoms with Crippen LogP contribution in [0.4, 0.5) is 0 Å². The quantitative estimate of drug-likeness (QED) is 0.802. The lowest BCUT2D eigenvalue weighted by Gasteiger charge is -2.02. The van der Waals surface area contributed by atoms with Crippen LogP contribution in [-0.4, -0.2) is 5.78 Å². The Hall–Kier alpha value is -1.45. The lowest BCUT2D eigenvalue weighted by molar-refractivity contribution is 0.103. The number of fused-ring (bicyclic) bond motifs is 1. The number of ketones is 1. The lowest BCUT2D eigenvalue weighted by atomic mass is 10.0. The molecule has 0 aliphatic carbocycles. The van der Waals surface area contributed by atoms with Gasteiger partial charge in [0.1, 0.15) is 0 Å². The normalized spacial score (nSPS) is 13.8. The van der Waals surface area contributed by atoms with E-state index in [1.54, 1.807) is 11.3 Å². The highest BCUT2D eigenvalue weighted by Gasteiger charge is 2.14. The maximum Gasteiger partial charge on any atom is 0.193 e. The Bertz CT molecular complexity index is 531. The Kier molecular flexibility index (Phi) is 2.35. The van der Waals surface area contributed by atoms with Crippen LogP contribution in [0.2, 0.25) is 0 Å². The van der Waals surface area contributed by atoms with Crippen molar-refractivity contribution < 1.29 is 4.79 Å². The van der Waals surface area contributed by atoms with Crippen LogP contribution in [0, 0.1) is 0 Å². The Morgan fingerprint density at radius 3 is 2.81 bits per heavy atom. The summed E-state index contributed by atoms with van der Waals surface area (Å²) in [6.07, 6.45) is 0. The van der Waals surface area contributed by atoms with Gasteiger partial charge in [-0.1, -0.05) is 12.1 Å². The topological polar surface area (TPSA) is 29.1 Å². The van der Waals surface area contributed by atoms with E-state index in [-0.39, 0.29) is 5.78 Å². The zero-order chi connectivity index (χ0) is 11.0. The van der Waals surface area contributed by atoms with Crippen molar-refractivity contribution in [2.45, 2.75) is 13.1 Å². The van der Waals surface area contributed by atoms with Crippen molar-refractivity contribution in [1.82, 2.24) is 5.32 Å². The predicted molar refractivity (Wildman–Crippen MR) is 64.7 cm³/mol. The van der Waals surface area contributed by atoms with Crippen molar-refractivity contribution in [3.63, 3.8) is 0 Å². The van der Waals surface area contributed by atoms with Gasteiger partial charge in [0, 0.05) is 29.6 Å². The van der Waals surface area contributed by atoms with E-state index in [0.717, 1.165) is 24.2 Å². The van der Waals surface area contributed by atoms with Crippen LogP contribution in [0.15, 0.2) is 35.0 Å². The first kappa shape index (κ1) is 9.75. The molecule has 3 rings (SSSR count). The van der Waals surface area contributed by atoms with Crippen molar-refractivity contribution in [3.8, 4) is 0 Å². The molecular weight excluding hydrogens is 218 g/mol. The number of benzene rings is 1. The van der Waals surface area contributed by atoms with Crippen molar-refractivity contribution in [2.75, 3.05) is 0 Å². The van der Waals surface area contributed by atoms with Crippen molar-refractivity contribution in [2.24, 2.45) is 0 Å². The van der Waals surface area contributed by atoms with E-state index in [1.807, 2.05) is 29.0 Å². The molecule has 0 radical (unpaired) electrons. The smallest absolute Gasteiger partial charge is 0.193 e. The second-order valence-corrected chi connectivity index (χ2v) is 4.71. The third kappa shape index (κ3) is 1.58. The number of carbonyl (C=O) groups excluding carboxylic acids is 1. The lowest BCUT2D eigenvalue weighted by Crippen LogP contribution is -2.01. The number of hydrogen-bond donors (Lipinski definition) is 1. The van der Waals surface area contributed by atoms with Gasteiger partial charge in [-0.2, -0.15) is 11.3 Å². The third-order valence-electron chi connectivity index (χ3n) is 2.88. The van der Waals surface area contributed by atoms with Crippen molar-refractivity contribution in [1.29, 1.82) is 0 Å². The van der Waals surface area contributed by atoms with Crippen molar-refractivity contribution in [3.05, 3.63) is 57.3 Å². The van der Waals surface area contributed by atoms with Crippen LogP contribution in [0.5, 0.6) is 0 Å². The molecule has 1 aromatic carbocycles. The summed E-state index contributed by atoms with van der Waals surface area (Å²) in [5, 5.41) is 7.11. The van der Waals surface area contributed by atoms with Crippen LogP contribution in [-0.2, 0) is 13.1 Å². The first-order chi connectivity index (χ1) is 7.84. The van der Waals surface area contributed by atoms with E-state index >= 15 is 0 Å². The van der Waals surface area contributed by atoms with Gasteiger partial charge in [0.15, 0.2) is 5.78 Å². The minimum absolute atomic E-state index is 0.121. The fourth-order valence-corrected chi connectivity index (χ4v) is 2.63. The van der Waals surface area contributed by atoms with E-state index in [1.165, 1.54) is 11.1 Å². The SMILES string of the molecule is O=C(c1ccsc1)c1ccc2c(c1)CNC2. The molecule has 1 aliphatic rings. The van der Waals surface area contributed by atoms with Crippen LogP contribution in [0.25, 0.3) is 0 Å². The summed E-state index contributed by atoms with van der Waals surface area (Å²) in [6, 6.07) is 7.86. The molecule has 1 N–H and O–H groups in total. The van der Waals surface area contributed by atoms with Gasteiger partial charge in [0.05, 0.1) is 0 Å². The maximum atomic E-state index is 12.1. The van der Waals surface area contributed by atoms with E-state index in [2.05, 4.69) is 11.4 Å². The predicted octanol–water partition coefficient (Wildman–Crippen LogP) is 2.58. The molecule has 80 valence electrons. The molecule has 16 heavy (non-hydrogen) atoms. The van der Waals surface area contributed by atoms with Crippen LogP contribution in [0.1, 0.15) is 27.0 Å². The van der Waals surface area contributed by atoms with Gasteiger partial charge in [-0.3, -0.25) is 4.79 Å². The summed E-state index contributed by atoms with van der Waals surface area (Å²) < 4.78 is 0. The zero-order valence-corrected chi connectivity index (χ0v) is 9.51. The zero-order valence-electron chi connectivity index (χ0n) is 8.69. The highest BCUT2D eigenvalue weighted by molar-refractivity contribution is 7.08. The fraction of sp³-hybridized carbons (Fsp3) is 0.154. The molecule has 0 bridgehead atoms. The maximum absolute atomic E-state index is 12.1. The summed E-state index contributed by atoms with van der Waals surface area (Å²) in [5.41, 5.74) is 4.14. The fourth-order valence-electron chi connectivity index (χ4n) is 2.00. The summed E-state index contributed by atoms with van der Waals surface area (Å²) in [5.74, 6) is 0.121. The molecule has 1 aromatic heterocycles. The van der Waals surface area contributed by atoms with Crippen LogP contribution in [0.3, 0.4) is 0 Å². The molecule has 0 fully saturated rings. The van der Waals surface area contributed by atoms with E-state index in [0.29, 0.717) is 0 Å². The molecule has 0 unspecified atom stereocenters. The third-order valence-corrected chi connectivity index (χ3v) is 3.57. The van der Waals surface area contributed by atoms with E-state index in [9.17, 15) is 4.79 Å². The van der Waals surface area contributed by atoms with Gasteiger partial charge in [0.2, 0.25) is 0 Å². The minimum Gasteiger partial charge on any atom is -0.309 e. The van der Waals surface area contributed by atoms with Gasteiger partial charge >= 0.3 is 0 Å². The molecule has 2 heterocycles. The van der Waals surface area contributed by atoms with Crippen LogP contribution < -0.4 is 5.32 Å². The molecular formula is C13H11NOS.